The minimum atomic E-state index is -4.41. The van der Waals surface area contributed by atoms with Crippen LogP contribution in [-0.4, -0.2) is 74.9 Å². The second kappa shape index (κ2) is 74.3. The van der Waals surface area contributed by atoms with Crippen LogP contribution in [0.1, 0.15) is 296 Å². The van der Waals surface area contributed by atoms with Gasteiger partial charge < -0.3 is 18.9 Å². The molecule has 0 fully saturated rings. The number of rotatable bonds is 69. The number of esters is 2. The molecule has 0 saturated heterocycles. The fourth-order valence-corrected chi connectivity index (χ4v) is 10.9. The van der Waals surface area contributed by atoms with Crippen molar-refractivity contribution in [1.29, 1.82) is 0 Å². The van der Waals surface area contributed by atoms with E-state index in [1.165, 1.54) is 122 Å². The molecule has 0 aliphatic carbocycles. The predicted octanol–water partition coefficient (Wildman–Crippen LogP) is 25.8. The SMILES string of the molecule is CC/C=C\C/C=C\C/C=C\C/C=C\C/C=C\C/C=C\C/C=C\C/C=C\CCCCCCCCCCCCC(=O)OC(COC(=O)CCCCCCCCCCCCCCCCC/C=C\C/C=C\C/C=C\C/C=C\C/C=C\C/C=C\C/C=C\CC)COP(=O)(O)OCC[N+](C)(C)C. The van der Waals surface area contributed by atoms with Crippen molar-refractivity contribution < 1.29 is 42.1 Å². The summed E-state index contributed by atoms with van der Waals surface area (Å²) < 4.78 is 34.8. The van der Waals surface area contributed by atoms with Crippen LogP contribution in [0.15, 0.2) is 182 Å². The van der Waals surface area contributed by atoms with Crippen LogP contribution in [0.2, 0.25) is 0 Å². The van der Waals surface area contributed by atoms with E-state index in [1.54, 1.807) is 0 Å². The summed E-state index contributed by atoms with van der Waals surface area (Å²) >= 11 is 0. The zero-order chi connectivity index (χ0) is 69.7. The number of nitrogens with zero attached hydrogens (tertiary/aromatic N) is 1. The molecule has 0 heterocycles. The number of quaternary nitrogens is 1. The van der Waals surface area contributed by atoms with Crippen molar-refractivity contribution in [2.24, 2.45) is 0 Å². The van der Waals surface area contributed by atoms with Gasteiger partial charge in [0.15, 0.2) is 6.10 Å². The number of carbonyl (C=O) groups is 2. The van der Waals surface area contributed by atoms with Crippen LogP contribution < -0.4 is 0 Å². The Hall–Kier alpha value is -4.89. The van der Waals surface area contributed by atoms with Gasteiger partial charge in [-0.1, -0.05) is 331 Å². The number of phosphoric acid groups is 1. The first kappa shape index (κ1) is 91.1. The van der Waals surface area contributed by atoms with E-state index in [0.29, 0.717) is 17.4 Å². The monoisotopic (exact) mass is 1350 g/mol. The average molecular weight is 1350 g/mol. The highest BCUT2D eigenvalue weighted by molar-refractivity contribution is 7.47. The standard InChI is InChI=1S/C86H142NO8P/c1-6-8-10-12-14-16-18-20-22-24-26-28-30-32-34-36-38-40-42-43-45-46-48-50-52-54-56-58-60-62-64-66-68-70-72-74-76-78-85(88)92-82-84(83-94-96(90,91)93-81-80-87(3,4)5)95-86(89)79-77-75-73-71-69-67-65-63-61-59-57-55-53-51-49-47-44-41-39-37-35-33-31-29-27-25-23-21-19-17-15-13-11-9-7-2/h8-11,14-17,20-23,26-29,32-35,38-41,43,45,47,49,53,55,84H,6-7,12-13,18-19,24-25,30-31,36-37,42,44,46,48,50-52,54,56-83H2,1-5H3/p+1/b10-8-,11-9-,16-14-,17-15-,22-20-,23-21-,28-26-,29-27-,34-32-,35-33-,40-38-,41-39-,45-43-,49-47-,55-53-. The quantitative estimate of drug-likeness (QED) is 0.0211. The molecule has 2 unspecified atom stereocenters. The molecule has 0 bridgehead atoms. The van der Waals surface area contributed by atoms with Gasteiger partial charge in [-0.25, -0.2) is 4.57 Å². The third-order valence-corrected chi connectivity index (χ3v) is 16.9. The Morgan fingerprint density at radius 3 is 0.833 bits per heavy atom. The second-order valence-electron chi connectivity index (χ2n) is 26.3. The minimum Gasteiger partial charge on any atom is -0.462 e. The minimum absolute atomic E-state index is 0.0232. The number of allylic oxidation sites excluding steroid dienone is 30. The van der Waals surface area contributed by atoms with Crippen LogP contribution in [0.4, 0.5) is 0 Å². The summed E-state index contributed by atoms with van der Waals surface area (Å²) in [6.45, 7) is 4.20. The number of hydrogen-bond donors (Lipinski definition) is 1. The average Bonchev–Trinajstić information content (AvgIpc) is 2.74. The molecule has 0 saturated carbocycles. The molecule has 0 spiro atoms. The van der Waals surface area contributed by atoms with Crippen molar-refractivity contribution in [3.8, 4) is 0 Å². The van der Waals surface area contributed by atoms with E-state index in [9.17, 15) is 19.0 Å². The lowest BCUT2D eigenvalue weighted by molar-refractivity contribution is -0.870. The van der Waals surface area contributed by atoms with Gasteiger partial charge in [0.2, 0.25) is 0 Å². The number of hydrogen-bond acceptors (Lipinski definition) is 7. The number of carbonyl (C=O) groups excluding carboxylic acids is 2. The van der Waals surface area contributed by atoms with E-state index in [2.05, 4.69) is 196 Å². The molecule has 96 heavy (non-hydrogen) atoms. The Bertz CT molecular complexity index is 2280. The normalized spacial score (nSPS) is 14.1. The molecule has 0 rings (SSSR count). The first-order chi connectivity index (χ1) is 47.0. The van der Waals surface area contributed by atoms with Gasteiger partial charge in [-0.2, -0.15) is 0 Å². The van der Waals surface area contributed by atoms with Gasteiger partial charge in [0, 0.05) is 12.8 Å². The first-order valence-corrected chi connectivity index (χ1v) is 40.0. The topological polar surface area (TPSA) is 108 Å². The zero-order valence-corrected chi connectivity index (χ0v) is 62.9. The highest BCUT2D eigenvalue weighted by atomic mass is 31.2. The molecule has 0 radical (unpaired) electrons. The van der Waals surface area contributed by atoms with Crippen LogP contribution in [0, 0.1) is 0 Å². The summed E-state index contributed by atoms with van der Waals surface area (Å²) in [6, 6.07) is 0. The summed E-state index contributed by atoms with van der Waals surface area (Å²) in [7, 11) is 1.46. The number of ether oxygens (including phenoxy) is 2. The molecule has 0 aromatic heterocycles. The lowest BCUT2D eigenvalue weighted by atomic mass is 10.0. The van der Waals surface area contributed by atoms with E-state index < -0.39 is 26.5 Å². The third kappa shape index (κ3) is 78.1. The molecule has 0 aromatic rings. The Morgan fingerprint density at radius 2 is 0.562 bits per heavy atom. The van der Waals surface area contributed by atoms with Crippen molar-refractivity contribution in [2.45, 2.75) is 302 Å². The molecule has 1 N–H and O–H groups in total. The summed E-state index contributed by atoms with van der Waals surface area (Å²) in [5.41, 5.74) is 0. The van der Waals surface area contributed by atoms with E-state index in [-0.39, 0.29) is 32.0 Å². The largest absolute Gasteiger partial charge is 0.472 e. The lowest BCUT2D eigenvalue weighted by Crippen LogP contribution is -2.37. The highest BCUT2D eigenvalue weighted by Crippen LogP contribution is 2.43. The molecule has 2 atom stereocenters. The number of phosphoric ester groups is 1. The van der Waals surface area contributed by atoms with Gasteiger partial charge in [-0.3, -0.25) is 18.6 Å². The van der Waals surface area contributed by atoms with Crippen molar-refractivity contribution >= 4 is 19.8 Å². The molecular weight excluding hydrogens is 1210 g/mol. The Labute approximate surface area is 591 Å². The molecule has 0 amide bonds. The molecule has 10 heteroatoms. The van der Waals surface area contributed by atoms with Gasteiger partial charge in [-0.15, -0.1) is 0 Å². The summed E-state index contributed by atoms with van der Waals surface area (Å²) in [4.78, 5) is 36.0. The van der Waals surface area contributed by atoms with Crippen molar-refractivity contribution in [1.82, 2.24) is 0 Å². The highest BCUT2D eigenvalue weighted by Gasteiger charge is 2.27. The predicted molar refractivity (Wildman–Crippen MR) is 417 cm³/mol. The van der Waals surface area contributed by atoms with E-state index in [1.807, 2.05) is 21.1 Å². The summed E-state index contributed by atoms with van der Waals surface area (Å²) in [5, 5.41) is 0. The fraction of sp³-hybridized carbons (Fsp3) is 0.628. The van der Waals surface area contributed by atoms with E-state index >= 15 is 0 Å². The maximum absolute atomic E-state index is 12.9. The molecule has 0 aromatic carbocycles. The molecule has 9 nitrogen and oxygen atoms in total. The van der Waals surface area contributed by atoms with Gasteiger partial charge in [0.25, 0.3) is 0 Å². The Morgan fingerprint density at radius 1 is 0.323 bits per heavy atom. The molecule has 0 aliphatic rings. The lowest BCUT2D eigenvalue weighted by Gasteiger charge is -2.24. The third-order valence-electron chi connectivity index (χ3n) is 15.9. The van der Waals surface area contributed by atoms with Crippen LogP contribution in [0.5, 0.6) is 0 Å². The Kier molecular flexibility index (Phi) is 70.5. The maximum atomic E-state index is 12.9. The van der Waals surface area contributed by atoms with Crippen LogP contribution in [-0.2, 0) is 32.7 Å². The van der Waals surface area contributed by atoms with Gasteiger partial charge in [0.1, 0.15) is 19.8 Å². The number of unbranched alkanes of at least 4 members (excludes halogenated alkanes) is 25. The van der Waals surface area contributed by atoms with Crippen molar-refractivity contribution in [3.63, 3.8) is 0 Å². The van der Waals surface area contributed by atoms with Gasteiger partial charge in [-0.05, 0) is 135 Å². The molecular formula is C86H143NO8P+. The maximum Gasteiger partial charge on any atom is 0.472 e. The van der Waals surface area contributed by atoms with Crippen LogP contribution in [0.3, 0.4) is 0 Å². The fourth-order valence-electron chi connectivity index (χ4n) is 10.1. The van der Waals surface area contributed by atoms with Crippen LogP contribution in [0.25, 0.3) is 0 Å². The number of likely N-dealkylation sites (N-methyl/N-ethyl adjacent to an activating group) is 1. The Balaban J connectivity index is 4.06. The molecule has 544 valence electrons. The summed E-state index contributed by atoms with van der Waals surface area (Å²) in [6.07, 6.45) is 114. The van der Waals surface area contributed by atoms with Gasteiger partial charge >= 0.3 is 19.8 Å². The van der Waals surface area contributed by atoms with Crippen molar-refractivity contribution in [3.05, 3.63) is 182 Å². The van der Waals surface area contributed by atoms with E-state index in [0.717, 1.165) is 141 Å². The van der Waals surface area contributed by atoms with Crippen molar-refractivity contribution in [2.75, 3.05) is 47.5 Å². The van der Waals surface area contributed by atoms with Gasteiger partial charge in [0.05, 0.1) is 27.7 Å². The second-order valence-corrected chi connectivity index (χ2v) is 27.7. The smallest absolute Gasteiger partial charge is 0.462 e. The van der Waals surface area contributed by atoms with Crippen LogP contribution >= 0.6 is 7.82 Å². The zero-order valence-electron chi connectivity index (χ0n) is 62.0. The molecule has 0 aliphatic heterocycles. The van der Waals surface area contributed by atoms with E-state index in [4.69, 9.17) is 18.5 Å². The first-order valence-electron chi connectivity index (χ1n) is 38.5. The summed E-state index contributed by atoms with van der Waals surface area (Å²) in [5.74, 6) is -0.806.